The molecule has 0 aromatic carbocycles. The third-order valence-electron chi connectivity index (χ3n) is 2.67. The summed E-state index contributed by atoms with van der Waals surface area (Å²) in [7, 11) is 5.83. The van der Waals surface area contributed by atoms with Gasteiger partial charge in [-0.3, -0.25) is 0 Å². The number of nitrogens with one attached hydrogen (secondary N) is 1. The van der Waals surface area contributed by atoms with Gasteiger partial charge in [-0.25, -0.2) is 9.97 Å². The number of anilines is 1. The van der Waals surface area contributed by atoms with Crippen LogP contribution >= 0.6 is 11.8 Å². The Kier molecular flexibility index (Phi) is 3.51. The van der Waals surface area contributed by atoms with Crippen LogP contribution in [0, 0.1) is 0 Å². The molecule has 5 heteroatoms. The summed E-state index contributed by atoms with van der Waals surface area (Å²) in [5, 5.41) is 4.16. The highest BCUT2D eigenvalue weighted by molar-refractivity contribution is 7.98. The Morgan fingerprint density at radius 1 is 1.47 bits per heavy atom. The third kappa shape index (κ3) is 2.65. The van der Waals surface area contributed by atoms with Gasteiger partial charge in [0.2, 0.25) is 0 Å². The van der Waals surface area contributed by atoms with Gasteiger partial charge in [0.05, 0.1) is 0 Å². The molecule has 1 aliphatic carbocycles. The summed E-state index contributed by atoms with van der Waals surface area (Å²) in [5.41, 5.74) is 0.639. The number of aromatic nitrogens is 2. The highest BCUT2D eigenvalue weighted by atomic mass is 32.2. The van der Waals surface area contributed by atoms with Crippen molar-refractivity contribution in [3.63, 3.8) is 0 Å². The van der Waals surface area contributed by atoms with Gasteiger partial charge < -0.3 is 5.32 Å². The van der Waals surface area contributed by atoms with E-state index in [4.69, 9.17) is 7.85 Å². The van der Waals surface area contributed by atoms with E-state index >= 15 is 0 Å². The van der Waals surface area contributed by atoms with Crippen molar-refractivity contribution in [2.45, 2.75) is 36.9 Å². The van der Waals surface area contributed by atoms with Crippen molar-refractivity contribution < 1.29 is 0 Å². The van der Waals surface area contributed by atoms with E-state index in [1.807, 2.05) is 6.26 Å². The van der Waals surface area contributed by atoms with Crippen LogP contribution in [0.1, 0.15) is 25.7 Å². The summed E-state index contributed by atoms with van der Waals surface area (Å²) < 4.78 is 0. The summed E-state index contributed by atoms with van der Waals surface area (Å²) >= 11 is 1.53. The molecule has 0 amide bonds. The van der Waals surface area contributed by atoms with Crippen LogP contribution in [0.3, 0.4) is 0 Å². The van der Waals surface area contributed by atoms with Crippen LogP contribution in [0.4, 0.5) is 5.82 Å². The molecule has 0 aliphatic heterocycles. The molecule has 1 N–H and O–H groups in total. The second kappa shape index (κ2) is 4.88. The average molecular weight is 219 g/mol. The van der Waals surface area contributed by atoms with E-state index in [-0.39, 0.29) is 0 Å². The normalized spacial score (nSPS) is 16.9. The zero-order valence-corrected chi connectivity index (χ0v) is 9.68. The van der Waals surface area contributed by atoms with Gasteiger partial charge in [-0.1, -0.05) is 24.6 Å². The van der Waals surface area contributed by atoms with Crippen molar-refractivity contribution in [1.29, 1.82) is 0 Å². The number of nitrogens with zero attached hydrogens (tertiary/aromatic N) is 2. The van der Waals surface area contributed by atoms with Crippen LogP contribution in [0.5, 0.6) is 0 Å². The summed E-state index contributed by atoms with van der Waals surface area (Å²) in [6.07, 6.45) is 8.69. The first-order valence-corrected chi connectivity index (χ1v) is 6.45. The maximum Gasteiger partial charge on any atom is 0.189 e. The predicted molar refractivity (Wildman–Crippen MR) is 65.1 cm³/mol. The van der Waals surface area contributed by atoms with Crippen LogP contribution in [0.25, 0.3) is 0 Å². The Labute approximate surface area is 95.9 Å². The molecule has 1 aromatic rings. The van der Waals surface area contributed by atoms with E-state index in [1.54, 1.807) is 6.20 Å². The molecule has 1 aliphatic rings. The Balaban J connectivity index is 2.11. The van der Waals surface area contributed by atoms with Crippen LogP contribution in [0.2, 0.25) is 0 Å². The average Bonchev–Trinajstić information content (AvgIpc) is 2.74. The van der Waals surface area contributed by atoms with Crippen LogP contribution < -0.4 is 10.8 Å². The molecular formula is C10H14BN3S. The minimum Gasteiger partial charge on any atom is -0.368 e. The lowest BCUT2D eigenvalue weighted by atomic mass is 9.99. The smallest absolute Gasteiger partial charge is 0.189 e. The topological polar surface area (TPSA) is 37.8 Å². The van der Waals surface area contributed by atoms with Gasteiger partial charge in [0.15, 0.2) is 5.16 Å². The molecule has 2 rings (SSSR count). The van der Waals surface area contributed by atoms with Gasteiger partial charge in [0, 0.05) is 12.2 Å². The number of thioether (sulfide) groups is 1. The minimum absolute atomic E-state index is 0.539. The second-order valence-corrected chi connectivity index (χ2v) is 4.56. The lowest BCUT2D eigenvalue weighted by Gasteiger charge is -2.14. The molecule has 0 spiro atoms. The monoisotopic (exact) mass is 219 g/mol. The quantitative estimate of drug-likeness (QED) is 0.473. The minimum atomic E-state index is 0.539. The van der Waals surface area contributed by atoms with Crippen molar-refractivity contribution >= 4 is 30.9 Å². The van der Waals surface area contributed by atoms with E-state index in [0.717, 1.165) is 11.0 Å². The molecule has 2 radical (unpaired) electrons. The molecule has 0 atom stereocenters. The van der Waals surface area contributed by atoms with Crippen molar-refractivity contribution in [2.75, 3.05) is 11.6 Å². The van der Waals surface area contributed by atoms with Gasteiger partial charge in [-0.05, 0) is 24.6 Å². The summed E-state index contributed by atoms with van der Waals surface area (Å²) in [6.45, 7) is 0. The van der Waals surface area contributed by atoms with E-state index in [2.05, 4.69) is 15.3 Å². The van der Waals surface area contributed by atoms with Gasteiger partial charge >= 0.3 is 0 Å². The van der Waals surface area contributed by atoms with Crippen LogP contribution in [0.15, 0.2) is 11.4 Å². The number of hydrogen-bond donors (Lipinski definition) is 1. The highest BCUT2D eigenvalue weighted by Gasteiger charge is 2.15. The molecule has 3 nitrogen and oxygen atoms in total. The van der Waals surface area contributed by atoms with Crippen LogP contribution in [-0.2, 0) is 0 Å². The molecule has 1 aromatic heterocycles. The van der Waals surface area contributed by atoms with Gasteiger partial charge in [0.25, 0.3) is 0 Å². The van der Waals surface area contributed by atoms with Gasteiger partial charge in [0.1, 0.15) is 13.7 Å². The van der Waals surface area contributed by atoms with Crippen molar-refractivity contribution in [3.8, 4) is 0 Å². The van der Waals surface area contributed by atoms with Crippen molar-refractivity contribution in [3.05, 3.63) is 6.20 Å². The van der Waals surface area contributed by atoms with E-state index in [1.165, 1.54) is 37.4 Å². The molecule has 0 bridgehead atoms. The second-order valence-electron chi connectivity index (χ2n) is 3.79. The van der Waals surface area contributed by atoms with Gasteiger partial charge in [-0.2, -0.15) is 0 Å². The summed E-state index contributed by atoms with van der Waals surface area (Å²) in [4.78, 5) is 8.49. The number of rotatable bonds is 3. The van der Waals surface area contributed by atoms with E-state index in [9.17, 15) is 0 Å². The maximum absolute atomic E-state index is 5.83. The fourth-order valence-electron chi connectivity index (χ4n) is 1.85. The first kappa shape index (κ1) is 10.8. The summed E-state index contributed by atoms with van der Waals surface area (Å²) in [6, 6.07) is 0.539. The molecule has 78 valence electrons. The fourth-order valence-corrected chi connectivity index (χ4v) is 2.19. The molecular weight excluding hydrogens is 205 g/mol. The first-order chi connectivity index (χ1) is 7.29. The predicted octanol–water partition coefficient (Wildman–Crippen LogP) is 1.35. The van der Waals surface area contributed by atoms with Crippen molar-refractivity contribution in [1.82, 2.24) is 9.97 Å². The zero-order chi connectivity index (χ0) is 10.7. The van der Waals surface area contributed by atoms with E-state index < -0.39 is 0 Å². The molecule has 0 saturated heterocycles. The largest absolute Gasteiger partial charge is 0.368 e. The first-order valence-electron chi connectivity index (χ1n) is 5.22. The Morgan fingerprint density at radius 2 is 2.20 bits per heavy atom. The lowest BCUT2D eigenvalue weighted by Crippen LogP contribution is -2.22. The standard InChI is InChI=1S/C10H14BN3S/c1-15-10-12-6-8(11)9(14-10)13-7-4-2-3-5-7/h6-7H,2-5H2,1H3,(H,12,13,14). The van der Waals surface area contributed by atoms with E-state index in [0.29, 0.717) is 11.5 Å². The third-order valence-corrected chi connectivity index (χ3v) is 3.24. The Morgan fingerprint density at radius 3 is 2.87 bits per heavy atom. The number of hydrogen-bond acceptors (Lipinski definition) is 4. The fraction of sp³-hybridized carbons (Fsp3) is 0.600. The molecule has 1 saturated carbocycles. The zero-order valence-electron chi connectivity index (χ0n) is 8.86. The SMILES string of the molecule is [B]c1cnc(SC)nc1NC1CCCC1. The maximum atomic E-state index is 5.83. The van der Waals surface area contributed by atoms with Gasteiger partial charge in [-0.15, -0.1) is 0 Å². The molecule has 0 unspecified atom stereocenters. The summed E-state index contributed by atoms with van der Waals surface area (Å²) in [5.74, 6) is 0.793. The lowest BCUT2D eigenvalue weighted by molar-refractivity contribution is 0.747. The highest BCUT2D eigenvalue weighted by Crippen LogP contribution is 2.21. The Bertz CT molecular complexity index is 339. The van der Waals surface area contributed by atoms with Crippen LogP contribution in [-0.4, -0.2) is 30.1 Å². The Hall–Kier alpha value is -0.705. The molecule has 15 heavy (non-hydrogen) atoms. The molecule has 1 fully saturated rings. The van der Waals surface area contributed by atoms with Crippen molar-refractivity contribution in [2.24, 2.45) is 0 Å². The molecule has 1 heterocycles.